The minimum atomic E-state index is -0.295. The molecule has 0 amide bonds. The Balaban J connectivity index is 1.81. The number of rotatable bonds is 3. The van der Waals surface area contributed by atoms with Crippen molar-refractivity contribution in [2.45, 2.75) is 30.9 Å². The monoisotopic (exact) mass is 297 g/mol. The summed E-state index contributed by atoms with van der Waals surface area (Å²) in [7, 11) is 0. The second-order valence-corrected chi connectivity index (χ2v) is 6.71. The quantitative estimate of drug-likeness (QED) is 0.660. The lowest BCUT2D eigenvalue weighted by Gasteiger charge is -2.40. The number of nitrogens with one attached hydrogen (secondary N) is 1. The van der Waals surface area contributed by atoms with E-state index in [4.69, 9.17) is 10.6 Å². The highest BCUT2D eigenvalue weighted by atomic mass is 32.2. The molecule has 2 aliphatic rings. The molecule has 1 aromatic rings. The van der Waals surface area contributed by atoms with Gasteiger partial charge in [0.15, 0.2) is 0 Å². The molecule has 3 unspecified atom stereocenters. The van der Waals surface area contributed by atoms with Crippen molar-refractivity contribution in [2.24, 2.45) is 11.8 Å². The van der Waals surface area contributed by atoms with Gasteiger partial charge in [-0.25, -0.2) is 4.39 Å². The molecule has 0 saturated carbocycles. The first kappa shape index (κ1) is 14.3. The highest BCUT2D eigenvalue weighted by Gasteiger charge is 2.43. The van der Waals surface area contributed by atoms with Gasteiger partial charge >= 0.3 is 0 Å². The Morgan fingerprint density at radius 3 is 3.20 bits per heavy atom. The van der Waals surface area contributed by atoms with Crippen LogP contribution in [-0.4, -0.2) is 28.7 Å². The van der Waals surface area contributed by atoms with Crippen LogP contribution in [0, 0.1) is 11.7 Å². The predicted octanol–water partition coefficient (Wildman–Crippen LogP) is 2.03. The summed E-state index contributed by atoms with van der Waals surface area (Å²) in [5.41, 5.74) is 3.16. The molecule has 4 nitrogen and oxygen atoms in total. The van der Waals surface area contributed by atoms with Crippen LogP contribution in [0.15, 0.2) is 18.3 Å². The van der Waals surface area contributed by atoms with Gasteiger partial charge in [0.05, 0.1) is 17.3 Å². The minimum absolute atomic E-state index is 0.0338. The number of ether oxygens (including phenoxy) is 1. The Morgan fingerprint density at radius 2 is 2.50 bits per heavy atom. The smallest absolute Gasteiger partial charge is 0.146 e. The summed E-state index contributed by atoms with van der Waals surface area (Å²) < 4.78 is 20.0. The van der Waals surface area contributed by atoms with Crippen molar-refractivity contribution in [2.75, 3.05) is 18.1 Å². The molecule has 0 aliphatic carbocycles. The number of nitrogens with two attached hydrogens (primary N) is 1. The van der Waals surface area contributed by atoms with Gasteiger partial charge in [0, 0.05) is 18.6 Å². The summed E-state index contributed by atoms with van der Waals surface area (Å²) in [4.78, 5) is 4.18. The average molecular weight is 297 g/mol. The van der Waals surface area contributed by atoms with E-state index in [-0.39, 0.29) is 23.4 Å². The Morgan fingerprint density at radius 1 is 1.60 bits per heavy atom. The second kappa shape index (κ2) is 5.97. The molecule has 3 heterocycles. The zero-order valence-corrected chi connectivity index (χ0v) is 12.2. The molecule has 3 atom stereocenters. The Kier molecular flexibility index (Phi) is 4.26. The molecule has 2 aliphatic heterocycles. The number of halogens is 1. The molecule has 3 rings (SSSR count). The molecular formula is C14H20FN3OS. The fourth-order valence-electron chi connectivity index (χ4n) is 3.28. The summed E-state index contributed by atoms with van der Waals surface area (Å²) in [6.07, 6.45) is 4.50. The van der Waals surface area contributed by atoms with E-state index in [1.165, 1.54) is 6.07 Å². The maximum Gasteiger partial charge on any atom is 0.146 e. The fraction of sp³-hybridized carbons (Fsp3) is 0.643. The first-order chi connectivity index (χ1) is 9.74. The lowest BCUT2D eigenvalue weighted by atomic mass is 9.80. The molecule has 110 valence electrons. The third-order valence-electron chi connectivity index (χ3n) is 4.33. The lowest BCUT2D eigenvalue weighted by Crippen LogP contribution is -2.45. The number of hydrazine groups is 1. The summed E-state index contributed by atoms with van der Waals surface area (Å²) in [5, 5.41) is 0. The third kappa shape index (κ3) is 2.70. The summed E-state index contributed by atoms with van der Waals surface area (Å²) in [6, 6.07) is 2.79. The third-order valence-corrected chi connectivity index (χ3v) is 5.55. The van der Waals surface area contributed by atoms with E-state index >= 15 is 0 Å². The van der Waals surface area contributed by atoms with Crippen molar-refractivity contribution in [3.8, 4) is 0 Å². The van der Waals surface area contributed by atoms with E-state index in [1.54, 1.807) is 12.3 Å². The van der Waals surface area contributed by atoms with Crippen LogP contribution in [0.1, 0.15) is 31.0 Å². The SMILES string of the molecule is NNC(c1ncccc1F)C1CCOC2(CCSC2)C1. The summed E-state index contributed by atoms with van der Waals surface area (Å²) in [5.74, 6) is 7.83. The molecule has 3 N–H and O–H groups in total. The van der Waals surface area contributed by atoms with Crippen LogP contribution in [0.25, 0.3) is 0 Å². The molecule has 0 aromatic carbocycles. The van der Waals surface area contributed by atoms with Crippen molar-refractivity contribution < 1.29 is 9.13 Å². The van der Waals surface area contributed by atoms with Crippen LogP contribution in [0.5, 0.6) is 0 Å². The molecule has 20 heavy (non-hydrogen) atoms. The van der Waals surface area contributed by atoms with Gasteiger partial charge in [-0.05, 0) is 43.1 Å². The molecule has 6 heteroatoms. The molecule has 1 aromatic heterocycles. The Hall–Kier alpha value is -0.690. The standard InChI is InChI=1S/C14H20FN3OS/c15-11-2-1-5-17-13(11)12(18-16)10-3-6-19-14(8-10)4-7-20-9-14/h1-2,5,10,12,18H,3-4,6-9,16H2. The first-order valence-corrected chi connectivity index (χ1v) is 8.18. The molecule has 0 bridgehead atoms. The highest BCUT2D eigenvalue weighted by Crippen LogP contribution is 2.43. The number of hydrogen-bond acceptors (Lipinski definition) is 5. The fourth-order valence-corrected chi connectivity index (χ4v) is 4.66. The first-order valence-electron chi connectivity index (χ1n) is 7.02. The molecular weight excluding hydrogens is 277 g/mol. The van der Waals surface area contributed by atoms with E-state index < -0.39 is 0 Å². The van der Waals surface area contributed by atoms with Gasteiger partial charge in [0.1, 0.15) is 5.82 Å². The maximum absolute atomic E-state index is 14.0. The van der Waals surface area contributed by atoms with Crippen LogP contribution < -0.4 is 11.3 Å². The Bertz CT molecular complexity index is 467. The zero-order chi connectivity index (χ0) is 14.0. The van der Waals surface area contributed by atoms with Crippen LogP contribution >= 0.6 is 11.8 Å². The molecule has 2 saturated heterocycles. The number of thioether (sulfide) groups is 1. The van der Waals surface area contributed by atoms with E-state index in [9.17, 15) is 4.39 Å². The van der Waals surface area contributed by atoms with Gasteiger partial charge < -0.3 is 4.74 Å². The van der Waals surface area contributed by atoms with Crippen molar-refractivity contribution in [1.29, 1.82) is 0 Å². The number of pyridine rings is 1. The lowest BCUT2D eigenvalue weighted by molar-refractivity contribution is -0.0858. The van der Waals surface area contributed by atoms with Crippen molar-refractivity contribution in [1.82, 2.24) is 10.4 Å². The van der Waals surface area contributed by atoms with Crippen molar-refractivity contribution in [3.05, 3.63) is 29.8 Å². The van der Waals surface area contributed by atoms with Gasteiger partial charge in [0.25, 0.3) is 0 Å². The van der Waals surface area contributed by atoms with E-state index in [0.29, 0.717) is 5.69 Å². The normalized spacial score (nSPS) is 31.6. The number of nitrogens with zero attached hydrogens (tertiary/aromatic N) is 1. The predicted molar refractivity (Wildman–Crippen MR) is 77.6 cm³/mol. The summed E-state index contributed by atoms with van der Waals surface area (Å²) >= 11 is 1.93. The Labute approximate surface area is 122 Å². The zero-order valence-electron chi connectivity index (χ0n) is 11.3. The van der Waals surface area contributed by atoms with Crippen molar-refractivity contribution >= 4 is 11.8 Å². The van der Waals surface area contributed by atoms with Crippen molar-refractivity contribution in [3.63, 3.8) is 0 Å². The molecule has 0 radical (unpaired) electrons. The summed E-state index contributed by atoms with van der Waals surface area (Å²) in [6.45, 7) is 0.720. The largest absolute Gasteiger partial charge is 0.374 e. The van der Waals surface area contributed by atoms with Gasteiger partial charge in [-0.15, -0.1) is 0 Å². The van der Waals surface area contributed by atoms with Gasteiger partial charge in [0.2, 0.25) is 0 Å². The molecule has 2 fully saturated rings. The topological polar surface area (TPSA) is 60.2 Å². The van der Waals surface area contributed by atoms with Crippen LogP contribution in [0.3, 0.4) is 0 Å². The second-order valence-electron chi connectivity index (χ2n) is 5.60. The molecule has 1 spiro atoms. The maximum atomic E-state index is 14.0. The highest BCUT2D eigenvalue weighted by molar-refractivity contribution is 7.99. The average Bonchev–Trinajstić information content (AvgIpc) is 2.90. The number of aromatic nitrogens is 1. The minimum Gasteiger partial charge on any atom is -0.374 e. The number of hydrogen-bond donors (Lipinski definition) is 2. The van der Waals surface area contributed by atoms with E-state index in [2.05, 4.69) is 10.4 Å². The van der Waals surface area contributed by atoms with Gasteiger partial charge in [-0.2, -0.15) is 11.8 Å². The van der Waals surface area contributed by atoms with Crippen LogP contribution in [0.2, 0.25) is 0 Å². The van der Waals surface area contributed by atoms with Crippen LogP contribution in [0.4, 0.5) is 4.39 Å². The van der Waals surface area contributed by atoms with E-state index in [0.717, 1.165) is 37.4 Å². The van der Waals surface area contributed by atoms with E-state index in [1.807, 2.05) is 11.8 Å². The van der Waals surface area contributed by atoms with Gasteiger partial charge in [-0.1, -0.05) is 0 Å². The van der Waals surface area contributed by atoms with Crippen LogP contribution in [-0.2, 0) is 4.74 Å². The van der Waals surface area contributed by atoms with Gasteiger partial charge in [-0.3, -0.25) is 16.3 Å².